The maximum atomic E-state index is 6.41. The van der Waals surface area contributed by atoms with Gasteiger partial charge in [0.15, 0.2) is 5.95 Å². The van der Waals surface area contributed by atoms with Gasteiger partial charge in [0.05, 0.1) is 6.20 Å². The van der Waals surface area contributed by atoms with Gasteiger partial charge in [-0.3, -0.25) is 9.13 Å². The van der Waals surface area contributed by atoms with Crippen LogP contribution in [-0.2, 0) is 0 Å². The van der Waals surface area contributed by atoms with Crippen LogP contribution in [0.4, 0.5) is 11.8 Å². The van der Waals surface area contributed by atoms with E-state index in [2.05, 4.69) is 110 Å². The molecule has 8 rings (SSSR count). The molecule has 0 aliphatic carbocycles. The van der Waals surface area contributed by atoms with Crippen molar-refractivity contribution in [3.8, 4) is 23.4 Å². The number of benzene rings is 2. The highest BCUT2D eigenvalue weighted by atomic mass is 16.5. The van der Waals surface area contributed by atoms with Crippen LogP contribution in [0.3, 0.4) is 0 Å². The van der Waals surface area contributed by atoms with E-state index in [1.54, 1.807) is 0 Å². The average molecular weight is 590 g/mol. The molecule has 0 radical (unpaired) electrons. The van der Waals surface area contributed by atoms with Crippen LogP contribution in [0.15, 0.2) is 85.6 Å². The van der Waals surface area contributed by atoms with Crippen LogP contribution in [-0.4, -0.2) is 56.9 Å². The largest absolute Gasteiger partial charge is 0.421 e. The zero-order valence-electron chi connectivity index (χ0n) is 26.2. The molecule has 11 heteroatoms. The first kappa shape index (κ1) is 27.3. The van der Waals surface area contributed by atoms with E-state index in [1.807, 2.05) is 46.2 Å². The maximum Gasteiger partial charge on any atom is 0.330 e. The SMILES string of the molecule is Cc1cccc(C)c1B1c2ccc(Oc3ccc4c(n3)-n3ccnc3N(C)B4c3c(C)cccc3C)nc2-n2cncc2N1C. The molecule has 2 aromatic carbocycles. The van der Waals surface area contributed by atoms with E-state index in [0.717, 1.165) is 34.3 Å². The van der Waals surface area contributed by atoms with Crippen LogP contribution in [0.1, 0.15) is 22.3 Å². The first-order chi connectivity index (χ1) is 21.8. The van der Waals surface area contributed by atoms with Crippen LogP contribution in [0, 0.1) is 27.7 Å². The summed E-state index contributed by atoms with van der Waals surface area (Å²) in [6.07, 6.45) is 7.46. The summed E-state index contributed by atoms with van der Waals surface area (Å²) >= 11 is 0. The summed E-state index contributed by atoms with van der Waals surface area (Å²) in [4.78, 5) is 23.7. The van der Waals surface area contributed by atoms with Gasteiger partial charge in [-0.05, 0) is 63.6 Å². The molecule has 6 heterocycles. The van der Waals surface area contributed by atoms with Crippen LogP contribution in [0.25, 0.3) is 11.6 Å². The molecular formula is C34H32B2N8O. The lowest BCUT2D eigenvalue weighted by atomic mass is 9.46. The van der Waals surface area contributed by atoms with Gasteiger partial charge in [-0.2, -0.15) is 9.97 Å². The second kappa shape index (κ2) is 10.1. The topological polar surface area (TPSA) is 77.1 Å². The van der Waals surface area contributed by atoms with Crippen LogP contribution in [0.5, 0.6) is 11.8 Å². The zero-order valence-corrected chi connectivity index (χ0v) is 26.2. The molecule has 0 spiro atoms. The maximum absolute atomic E-state index is 6.41. The lowest BCUT2D eigenvalue weighted by molar-refractivity contribution is 0.443. The lowest BCUT2D eigenvalue weighted by Gasteiger charge is -2.35. The monoisotopic (exact) mass is 590 g/mol. The predicted molar refractivity (Wildman–Crippen MR) is 181 cm³/mol. The number of ether oxygens (including phenoxy) is 1. The fourth-order valence-electron chi connectivity index (χ4n) is 7.23. The van der Waals surface area contributed by atoms with Gasteiger partial charge in [-0.15, -0.1) is 0 Å². The zero-order chi connectivity index (χ0) is 31.0. The van der Waals surface area contributed by atoms with Gasteiger partial charge >= 0.3 is 13.7 Å². The Labute approximate surface area is 263 Å². The first-order valence-electron chi connectivity index (χ1n) is 15.2. The molecule has 220 valence electrons. The van der Waals surface area contributed by atoms with Gasteiger partial charge in [0, 0.05) is 24.5 Å². The molecule has 0 saturated carbocycles. The number of nitrogens with zero attached hydrogens (tertiary/aromatic N) is 8. The molecular weight excluding hydrogens is 558 g/mol. The van der Waals surface area contributed by atoms with E-state index in [1.165, 1.54) is 33.2 Å². The van der Waals surface area contributed by atoms with Gasteiger partial charge in [0.1, 0.15) is 23.8 Å². The number of aryl methyl sites for hydroxylation is 4. The molecule has 6 aromatic rings. The molecule has 2 aliphatic rings. The van der Waals surface area contributed by atoms with Crippen molar-refractivity contribution in [3.05, 3.63) is 108 Å². The Hall–Kier alpha value is -5.31. The highest BCUT2D eigenvalue weighted by Gasteiger charge is 2.39. The molecule has 4 aromatic heterocycles. The summed E-state index contributed by atoms with van der Waals surface area (Å²) in [5.41, 5.74) is 9.69. The molecule has 0 atom stereocenters. The number of anilines is 2. The number of hydrogen-bond donors (Lipinski definition) is 0. The standard InChI is InChI=1S/C34H32B2N8O/c1-21-9-7-10-22(2)30(21)35-26-14-16-28(40-33(26)44-20-37-19-29(44)41(35)5)45-27-15-13-25-32(39-27)43-18-17-38-34(43)42(6)36(25)31-23(3)11-8-12-24(31)4/h7-20H,1-6H3. The Morgan fingerprint density at radius 3 is 1.76 bits per heavy atom. The van der Waals surface area contributed by atoms with E-state index < -0.39 is 0 Å². The number of hydrogen-bond acceptors (Lipinski definition) is 7. The fourth-order valence-corrected chi connectivity index (χ4v) is 7.23. The third-order valence-corrected chi connectivity index (χ3v) is 9.34. The number of aromatic nitrogens is 6. The van der Waals surface area contributed by atoms with Crippen molar-refractivity contribution in [1.82, 2.24) is 29.1 Å². The van der Waals surface area contributed by atoms with Crippen molar-refractivity contribution in [2.75, 3.05) is 23.7 Å². The van der Waals surface area contributed by atoms with Gasteiger partial charge in [-0.25, -0.2) is 9.97 Å². The Morgan fingerprint density at radius 2 is 1.18 bits per heavy atom. The van der Waals surface area contributed by atoms with Gasteiger partial charge in [0.25, 0.3) is 0 Å². The molecule has 0 N–H and O–H groups in total. The highest BCUT2D eigenvalue weighted by molar-refractivity contribution is 6.90. The fraction of sp³-hybridized carbons (Fsp3) is 0.176. The van der Waals surface area contributed by atoms with Gasteiger partial charge < -0.3 is 14.4 Å². The minimum atomic E-state index is -0.0296. The highest BCUT2D eigenvalue weighted by Crippen LogP contribution is 2.29. The summed E-state index contributed by atoms with van der Waals surface area (Å²) in [6.45, 7) is 8.63. The Morgan fingerprint density at radius 1 is 0.644 bits per heavy atom. The van der Waals surface area contributed by atoms with E-state index >= 15 is 0 Å². The van der Waals surface area contributed by atoms with Crippen LogP contribution < -0.4 is 36.2 Å². The average Bonchev–Trinajstić information content (AvgIpc) is 3.72. The molecule has 0 unspecified atom stereocenters. The Kier molecular flexibility index (Phi) is 6.13. The second-order valence-electron chi connectivity index (χ2n) is 12.1. The summed E-state index contributed by atoms with van der Waals surface area (Å²) in [5.74, 6) is 4.35. The molecule has 9 nitrogen and oxygen atoms in total. The van der Waals surface area contributed by atoms with Crippen molar-refractivity contribution >= 4 is 47.3 Å². The smallest absolute Gasteiger partial charge is 0.330 e. The number of pyridine rings is 2. The second-order valence-corrected chi connectivity index (χ2v) is 12.1. The van der Waals surface area contributed by atoms with Crippen molar-refractivity contribution in [2.45, 2.75) is 27.7 Å². The van der Waals surface area contributed by atoms with Gasteiger partial charge in [0.2, 0.25) is 11.8 Å². The van der Waals surface area contributed by atoms with Gasteiger partial charge in [-0.1, -0.05) is 70.8 Å². The minimum absolute atomic E-state index is 0.00713. The van der Waals surface area contributed by atoms with Crippen molar-refractivity contribution in [1.29, 1.82) is 0 Å². The Bertz CT molecular complexity index is 1930. The van der Waals surface area contributed by atoms with Crippen molar-refractivity contribution < 1.29 is 4.74 Å². The van der Waals surface area contributed by atoms with E-state index in [9.17, 15) is 0 Å². The molecule has 0 amide bonds. The molecule has 0 fully saturated rings. The first-order valence-corrected chi connectivity index (χ1v) is 15.2. The quantitative estimate of drug-likeness (QED) is 0.293. The minimum Gasteiger partial charge on any atom is -0.421 e. The van der Waals surface area contributed by atoms with E-state index in [4.69, 9.17) is 14.7 Å². The normalized spacial score (nSPS) is 13.4. The lowest BCUT2D eigenvalue weighted by Crippen LogP contribution is -2.60. The van der Waals surface area contributed by atoms with Crippen LogP contribution in [0.2, 0.25) is 0 Å². The Balaban J connectivity index is 1.21. The molecule has 45 heavy (non-hydrogen) atoms. The molecule has 0 saturated heterocycles. The molecule has 2 aliphatic heterocycles. The van der Waals surface area contributed by atoms with Crippen molar-refractivity contribution in [3.63, 3.8) is 0 Å². The third-order valence-electron chi connectivity index (χ3n) is 9.34. The van der Waals surface area contributed by atoms with Crippen LogP contribution >= 0.6 is 0 Å². The van der Waals surface area contributed by atoms with E-state index in [0.29, 0.717) is 11.8 Å². The number of fused-ring (bicyclic) bond motifs is 6. The molecule has 0 bridgehead atoms. The number of imidazole rings is 2. The van der Waals surface area contributed by atoms with Crippen molar-refractivity contribution in [2.24, 2.45) is 0 Å². The van der Waals surface area contributed by atoms with E-state index in [-0.39, 0.29) is 13.7 Å². The summed E-state index contributed by atoms with van der Waals surface area (Å²) < 4.78 is 10.5. The summed E-state index contributed by atoms with van der Waals surface area (Å²) in [5, 5.41) is 0. The number of rotatable bonds is 4. The third kappa shape index (κ3) is 4.10. The predicted octanol–water partition coefficient (Wildman–Crippen LogP) is 2.98. The summed E-state index contributed by atoms with van der Waals surface area (Å²) in [7, 11) is 4.20. The summed E-state index contributed by atoms with van der Waals surface area (Å²) in [6, 6.07) is 21.0.